The van der Waals surface area contributed by atoms with Crippen molar-refractivity contribution >= 4 is 45.4 Å². The fraction of sp³-hybridized carbons (Fsp3) is 0.0769. The van der Waals surface area contributed by atoms with Crippen molar-refractivity contribution in [1.29, 1.82) is 0 Å². The molecule has 2 heterocycles. The van der Waals surface area contributed by atoms with Gasteiger partial charge in [0.1, 0.15) is 17.3 Å². The Bertz CT molecular complexity index is 1130. The van der Waals surface area contributed by atoms with Crippen LogP contribution in [0.4, 0.5) is 4.39 Å². The Morgan fingerprint density at radius 2 is 1.15 bits per heavy atom. The molecule has 0 bridgehead atoms. The van der Waals surface area contributed by atoms with Crippen molar-refractivity contribution in [3.05, 3.63) is 130 Å². The van der Waals surface area contributed by atoms with Crippen molar-refractivity contribution in [2.24, 2.45) is 0 Å². The van der Waals surface area contributed by atoms with Gasteiger partial charge in [-0.25, -0.2) is 4.39 Å². The van der Waals surface area contributed by atoms with Gasteiger partial charge >= 0.3 is 0 Å². The number of rotatable bonds is 8. The van der Waals surface area contributed by atoms with Crippen LogP contribution in [-0.2, 0) is 33.1 Å². The molecule has 4 nitrogen and oxygen atoms in total. The van der Waals surface area contributed by atoms with Crippen molar-refractivity contribution < 1.29 is 21.6 Å². The SMILES string of the molecule is O=S(/C=C/c1ccco1)Cc1ccc(Cl)cc1.O=S(C=Cc1ccco1)Cc1ccc(F)cc1. The third-order valence-electron chi connectivity index (χ3n) is 4.30. The molecule has 2 aromatic carbocycles. The number of furan rings is 2. The maximum Gasteiger partial charge on any atom is 0.127 e. The first-order valence-electron chi connectivity index (χ1n) is 10.1. The predicted molar refractivity (Wildman–Crippen MR) is 137 cm³/mol. The zero-order valence-corrected chi connectivity index (χ0v) is 20.4. The summed E-state index contributed by atoms with van der Waals surface area (Å²) in [5.74, 6) is 1.93. The second kappa shape index (κ2) is 13.6. The standard InChI is InChI=1S/C13H11ClO2S.C13H11FO2S/c2*14-12-5-3-11(4-6-12)10-17(15)9-7-13-2-1-8-16-13/h2*1-9H,10H2/b9-7+;. The van der Waals surface area contributed by atoms with E-state index in [-0.39, 0.29) is 5.82 Å². The summed E-state index contributed by atoms with van der Waals surface area (Å²) in [6, 6.07) is 20.5. The molecule has 176 valence electrons. The lowest BCUT2D eigenvalue weighted by molar-refractivity contribution is 0.557. The van der Waals surface area contributed by atoms with E-state index in [1.807, 2.05) is 18.2 Å². The summed E-state index contributed by atoms with van der Waals surface area (Å²) in [6.07, 6.45) is 6.52. The molecule has 0 radical (unpaired) electrons. The second-order valence-electron chi connectivity index (χ2n) is 6.94. The van der Waals surface area contributed by atoms with Crippen LogP contribution in [0, 0.1) is 5.82 Å². The van der Waals surface area contributed by atoms with Crippen molar-refractivity contribution in [2.75, 3.05) is 0 Å². The van der Waals surface area contributed by atoms with Crippen LogP contribution in [0.15, 0.2) is 105 Å². The van der Waals surface area contributed by atoms with E-state index in [1.165, 1.54) is 12.1 Å². The Labute approximate surface area is 207 Å². The average molecular weight is 517 g/mol. The Balaban J connectivity index is 0.000000191. The zero-order chi connectivity index (χ0) is 24.2. The van der Waals surface area contributed by atoms with Gasteiger partial charge in [0, 0.05) is 15.8 Å². The highest BCUT2D eigenvalue weighted by Gasteiger charge is 2.00. The van der Waals surface area contributed by atoms with Gasteiger partial charge in [0.2, 0.25) is 0 Å². The first-order chi connectivity index (χ1) is 16.5. The molecule has 0 spiro atoms. The molecular weight excluding hydrogens is 495 g/mol. The van der Waals surface area contributed by atoms with E-state index in [9.17, 15) is 12.8 Å². The lowest BCUT2D eigenvalue weighted by Crippen LogP contribution is -1.91. The van der Waals surface area contributed by atoms with Gasteiger partial charge in [-0.1, -0.05) is 35.9 Å². The van der Waals surface area contributed by atoms with E-state index in [4.69, 9.17) is 20.4 Å². The molecule has 0 N–H and O–H groups in total. The van der Waals surface area contributed by atoms with Crippen LogP contribution < -0.4 is 0 Å². The fourth-order valence-corrected chi connectivity index (χ4v) is 4.58. The summed E-state index contributed by atoms with van der Waals surface area (Å²) in [4.78, 5) is 0. The molecule has 0 fully saturated rings. The summed E-state index contributed by atoms with van der Waals surface area (Å²) in [7, 11) is -2.17. The molecular formula is C26H22ClFO4S2. The van der Waals surface area contributed by atoms with Crippen LogP contribution in [0.25, 0.3) is 12.2 Å². The highest BCUT2D eigenvalue weighted by Crippen LogP contribution is 2.12. The summed E-state index contributed by atoms with van der Waals surface area (Å²) in [5, 5.41) is 3.89. The quantitative estimate of drug-likeness (QED) is 0.248. The first kappa shape index (κ1) is 25.6. The molecule has 8 heteroatoms. The van der Waals surface area contributed by atoms with Crippen LogP contribution >= 0.6 is 11.6 Å². The number of halogens is 2. The molecule has 0 aliphatic rings. The molecule has 2 unspecified atom stereocenters. The van der Waals surface area contributed by atoms with E-state index >= 15 is 0 Å². The number of benzene rings is 2. The molecule has 0 saturated carbocycles. The van der Waals surface area contributed by atoms with E-state index in [0.717, 1.165) is 11.1 Å². The van der Waals surface area contributed by atoms with Crippen molar-refractivity contribution in [3.63, 3.8) is 0 Å². The molecule has 0 aliphatic carbocycles. The van der Waals surface area contributed by atoms with E-state index in [0.29, 0.717) is 28.0 Å². The molecule has 2 atom stereocenters. The molecule has 4 aromatic rings. The van der Waals surface area contributed by atoms with E-state index in [2.05, 4.69) is 0 Å². The lowest BCUT2D eigenvalue weighted by Gasteiger charge is -1.98. The number of hydrogen-bond acceptors (Lipinski definition) is 4. The van der Waals surface area contributed by atoms with E-state index < -0.39 is 21.6 Å². The van der Waals surface area contributed by atoms with Crippen molar-refractivity contribution in [3.8, 4) is 0 Å². The summed E-state index contributed by atoms with van der Waals surface area (Å²) < 4.78 is 46.3. The molecule has 0 saturated heterocycles. The molecule has 2 aromatic heterocycles. The zero-order valence-electron chi connectivity index (χ0n) is 18.0. The van der Waals surface area contributed by atoms with Gasteiger partial charge in [-0.3, -0.25) is 8.42 Å². The smallest absolute Gasteiger partial charge is 0.127 e. The average Bonchev–Trinajstić information content (AvgIpc) is 3.54. The largest absolute Gasteiger partial charge is 0.465 e. The minimum Gasteiger partial charge on any atom is -0.465 e. The highest BCUT2D eigenvalue weighted by atomic mass is 35.5. The highest BCUT2D eigenvalue weighted by molar-refractivity contribution is 7.87. The van der Waals surface area contributed by atoms with Gasteiger partial charge in [0.15, 0.2) is 0 Å². The normalized spacial score (nSPS) is 13.0. The van der Waals surface area contributed by atoms with Gasteiger partial charge in [0.05, 0.1) is 45.6 Å². The topological polar surface area (TPSA) is 60.4 Å². The first-order valence-corrected chi connectivity index (χ1v) is 13.3. The van der Waals surface area contributed by atoms with Crippen LogP contribution in [0.5, 0.6) is 0 Å². The van der Waals surface area contributed by atoms with Crippen LogP contribution in [-0.4, -0.2) is 8.42 Å². The van der Waals surface area contributed by atoms with Gasteiger partial charge in [-0.05, 0) is 71.8 Å². The fourth-order valence-electron chi connectivity index (χ4n) is 2.64. The molecule has 4 rings (SSSR count). The molecule has 0 aliphatic heterocycles. The maximum atomic E-state index is 12.7. The summed E-state index contributed by atoms with van der Waals surface area (Å²) in [5.41, 5.74) is 1.84. The molecule has 34 heavy (non-hydrogen) atoms. The molecule has 0 amide bonds. The van der Waals surface area contributed by atoms with Crippen molar-refractivity contribution in [2.45, 2.75) is 11.5 Å². The monoisotopic (exact) mass is 516 g/mol. The lowest BCUT2D eigenvalue weighted by atomic mass is 10.2. The Morgan fingerprint density at radius 1 is 0.706 bits per heavy atom. The summed E-state index contributed by atoms with van der Waals surface area (Å²) >= 11 is 5.77. The van der Waals surface area contributed by atoms with E-state index in [1.54, 1.807) is 78.0 Å². The minimum atomic E-state index is -1.13. The van der Waals surface area contributed by atoms with Gasteiger partial charge in [-0.15, -0.1) is 0 Å². The van der Waals surface area contributed by atoms with Crippen molar-refractivity contribution in [1.82, 2.24) is 0 Å². The van der Waals surface area contributed by atoms with Crippen LogP contribution in [0.3, 0.4) is 0 Å². The summed E-state index contributed by atoms with van der Waals surface area (Å²) in [6.45, 7) is 0. The third-order valence-corrected chi connectivity index (χ3v) is 6.67. The Morgan fingerprint density at radius 3 is 1.56 bits per heavy atom. The van der Waals surface area contributed by atoms with Crippen LogP contribution in [0.1, 0.15) is 22.6 Å². The minimum absolute atomic E-state index is 0.286. The Kier molecular flexibility index (Phi) is 10.3. The third kappa shape index (κ3) is 9.47. The number of hydrogen-bond donors (Lipinski definition) is 0. The Hall–Kier alpha value is -3.00. The van der Waals surface area contributed by atoms with Crippen LogP contribution in [0.2, 0.25) is 5.02 Å². The predicted octanol–water partition coefficient (Wildman–Crippen LogP) is 7.19. The second-order valence-corrected chi connectivity index (χ2v) is 10.0. The van der Waals surface area contributed by atoms with Gasteiger partial charge in [0.25, 0.3) is 0 Å². The van der Waals surface area contributed by atoms with Gasteiger partial charge < -0.3 is 8.83 Å². The maximum absolute atomic E-state index is 12.7. The van der Waals surface area contributed by atoms with Gasteiger partial charge in [-0.2, -0.15) is 0 Å².